The van der Waals surface area contributed by atoms with Gasteiger partial charge in [0.1, 0.15) is 0 Å². The van der Waals surface area contributed by atoms with Gasteiger partial charge >= 0.3 is 6.03 Å². The number of hydrogen-bond donors (Lipinski definition) is 3. The van der Waals surface area contributed by atoms with E-state index in [2.05, 4.69) is 10.6 Å². The largest absolute Gasteiger partial charge is 0.388 e. The minimum Gasteiger partial charge on any atom is -0.388 e. The van der Waals surface area contributed by atoms with E-state index in [0.29, 0.717) is 35.2 Å². The Bertz CT molecular complexity index is 521. The van der Waals surface area contributed by atoms with Crippen LogP contribution in [0.1, 0.15) is 38.5 Å². The molecule has 128 valence electrons. The number of carbonyl (C=O) groups excluding carboxylic acids is 1. The number of para-hydroxylation sites is 1. The van der Waals surface area contributed by atoms with Crippen LogP contribution < -0.4 is 10.6 Å². The molecular weight excluding hydrogens is 322 g/mol. The summed E-state index contributed by atoms with van der Waals surface area (Å²) in [6.45, 7) is 0.170. The smallest absolute Gasteiger partial charge is 0.319 e. The van der Waals surface area contributed by atoms with E-state index in [1.807, 2.05) is 0 Å². The summed E-state index contributed by atoms with van der Waals surface area (Å²) >= 11 is 0.390. The molecule has 0 atom stereocenters. The second-order valence-electron chi connectivity index (χ2n) is 5.82. The highest BCUT2D eigenvalue weighted by atomic mass is 32.2. The van der Waals surface area contributed by atoms with Gasteiger partial charge in [-0.2, -0.15) is 8.78 Å². The van der Waals surface area contributed by atoms with Crippen LogP contribution in [0, 0.1) is 0 Å². The van der Waals surface area contributed by atoms with Crippen molar-refractivity contribution >= 4 is 23.5 Å². The van der Waals surface area contributed by atoms with Gasteiger partial charge in [-0.3, -0.25) is 0 Å². The third-order valence-electron chi connectivity index (χ3n) is 3.96. The Kier molecular flexibility index (Phi) is 6.65. The van der Waals surface area contributed by atoms with Gasteiger partial charge < -0.3 is 15.7 Å². The minimum absolute atomic E-state index is 0.170. The molecule has 2 rings (SSSR count). The Morgan fingerprint density at radius 1 is 1.22 bits per heavy atom. The zero-order valence-electron chi connectivity index (χ0n) is 12.9. The molecule has 1 aliphatic carbocycles. The highest BCUT2D eigenvalue weighted by molar-refractivity contribution is 7.99. The molecule has 3 N–H and O–H groups in total. The normalized spacial score (nSPS) is 17.6. The summed E-state index contributed by atoms with van der Waals surface area (Å²) in [6.07, 6.45) is 5.46. The topological polar surface area (TPSA) is 61.4 Å². The van der Waals surface area contributed by atoms with E-state index >= 15 is 0 Å². The molecule has 7 heteroatoms. The van der Waals surface area contributed by atoms with E-state index in [1.54, 1.807) is 18.2 Å². The number of anilines is 1. The van der Waals surface area contributed by atoms with Gasteiger partial charge in [0.05, 0.1) is 11.3 Å². The summed E-state index contributed by atoms with van der Waals surface area (Å²) in [4.78, 5) is 12.3. The van der Waals surface area contributed by atoms with Crippen molar-refractivity contribution in [3.05, 3.63) is 24.3 Å². The Labute approximate surface area is 139 Å². The number of nitrogens with one attached hydrogen (secondary N) is 2. The van der Waals surface area contributed by atoms with Crippen molar-refractivity contribution < 1.29 is 18.7 Å². The van der Waals surface area contributed by atoms with Crippen molar-refractivity contribution in [2.75, 3.05) is 11.9 Å². The van der Waals surface area contributed by atoms with Crippen molar-refractivity contribution in [2.24, 2.45) is 0 Å². The third-order valence-corrected chi connectivity index (χ3v) is 4.75. The molecule has 0 aromatic heterocycles. The van der Waals surface area contributed by atoms with Crippen molar-refractivity contribution in [1.82, 2.24) is 5.32 Å². The van der Waals surface area contributed by atoms with Gasteiger partial charge in [-0.15, -0.1) is 0 Å². The van der Waals surface area contributed by atoms with E-state index in [0.717, 1.165) is 25.7 Å². The highest BCUT2D eigenvalue weighted by Crippen LogP contribution is 2.31. The maximum atomic E-state index is 12.5. The van der Waals surface area contributed by atoms with E-state index in [9.17, 15) is 18.7 Å². The predicted molar refractivity (Wildman–Crippen MR) is 88.0 cm³/mol. The van der Waals surface area contributed by atoms with Crippen LogP contribution in [-0.2, 0) is 0 Å². The summed E-state index contributed by atoms with van der Waals surface area (Å²) in [7, 11) is 0. The number of benzene rings is 1. The second kappa shape index (κ2) is 8.49. The maximum Gasteiger partial charge on any atom is 0.319 e. The van der Waals surface area contributed by atoms with E-state index < -0.39 is 17.4 Å². The fourth-order valence-corrected chi connectivity index (χ4v) is 3.34. The van der Waals surface area contributed by atoms with Crippen LogP contribution in [0.4, 0.5) is 19.3 Å². The average Bonchev–Trinajstić information content (AvgIpc) is 2.72. The summed E-state index contributed by atoms with van der Waals surface area (Å²) in [5.74, 6) is -2.55. The molecule has 4 nitrogen and oxygen atoms in total. The molecule has 0 spiro atoms. The van der Waals surface area contributed by atoms with Crippen LogP contribution >= 0.6 is 11.8 Å². The van der Waals surface area contributed by atoms with Crippen molar-refractivity contribution in [3.8, 4) is 0 Å². The number of alkyl halides is 2. The van der Waals surface area contributed by atoms with Crippen molar-refractivity contribution in [2.45, 2.75) is 54.8 Å². The first-order valence-corrected chi connectivity index (χ1v) is 8.68. The number of urea groups is 1. The quantitative estimate of drug-likeness (QED) is 0.554. The van der Waals surface area contributed by atoms with Crippen molar-refractivity contribution in [3.63, 3.8) is 0 Å². The lowest BCUT2D eigenvalue weighted by Crippen LogP contribution is -2.44. The van der Waals surface area contributed by atoms with Crippen LogP contribution in [0.15, 0.2) is 29.2 Å². The number of amides is 2. The molecule has 1 fully saturated rings. The lowest BCUT2D eigenvalue weighted by Gasteiger charge is -2.26. The summed E-state index contributed by atoms with van der Waals surface area (Å²) < 4.78 is 25.0. The Hall–Kier alpha value is -1.34. The van der Waals surface area contributed by atoms with E-state index in [4.69, 9.17) is 0 Å². The SMILES string of the molecule is O=C(NCC1(O)CCCCCC1)Nc1ccccc1SC(F)F. The number of hydrogen-bond acceptors (Lipinski definition) is 3. The van der Waals surface area contributed by atoms with Gasteiger partial charge in [0.15, 0.2) is 0 Å². The zero-order valence-corrected chi connectivity index (χ0v) is 13.7. The first-order valence-electron chi connectivity index (χ1n) is 7.80. The minimum atomic E-state index is -2.55. The number of rotatable bonds is 5. The lowest BCUT2D eigenvalue weighted by atomic mass is 9.95. The first-order chi connectivity index (χ1) is 11.0. The van der Waals surface area contributed by atoms with Gasteiger partial charge in [-0.1, -0.05) is 49.6 Å². The zero-order chi connectivity index (χ0) is 16.7. The summed E-state index contributed by atoms with van der Waals surface area (Å²) in [6, 6.07) is 5.92. The highest BCUT2D eigenvalue weighted by Gasteiger charge is 2.28. The number of thioether (sulfide) groups is 1. The predicted octanol–water partition coefficient (Wildman–Crippen LogP) is 4.21. The van der Waals surface area contributed by atoms with Crippen LogP contribution in [0.5, 0.6) is 0 Å². The Morgan fingerprint density at radius 2 is 1.87 bits per heavy atom. The van der Waals surface area contributed by atoms with E-state index in [1.165, 1.54) is 6.07 Å². The van der Waals surface area contributed by atoms with E-state index in [-0.39, 0.29) is 6.54 Å². The number of carbonyl (C=O) groups is 1. The van der Waals surface area contributed by atoms with Gasteiger partial charge in [0.2, 0.25) is 0 Å². The molecule has 1 saturated carbocycles. The number of halogens is 2. The fraction of sp³-hybridized carbons (Fsp3) is 0.562. The van der Waals surface area contributed by atoms with Gasteiger partial charge in [0.25, 0.3) is 5.76 Å². The molecule has 2 amide bonds. The molecular formula is C16H22F2N2O2S. The van der Waals surface area contributed by atoms with Gasteiger partial charge in [-0.25, -0.2) is 4.79 Å². The second-order valence-corrected chi connectivity index (χ2v) is 6.85. The average molecular weight is 344 g/mol. The molecule has 0 bridgehead atoms. The molecule has 0 heterocycles. The Morgan fingerprint density at radius 3 is 2.52 bits per heavy atom. The monoisotopic (exact) mass is 344 g/mol. The van der Waals surface area contributed by atoms with Crippen LogP contribution in [0.2, 0.25) is 0 Å². The summed E-state index contributed by atoms with van der Waals surface area (Å²) in [5.41, 5.74) is -0.534. The maximum absolute atomic E-state index is 12.5. The molecule has 1 aromatic carbocycles. The molecule has 1 aliphatic rings. The molecule has 1 aromatic rings. The molecule has 0 saturated heterocycles. The Balaban J connectivity index is 1.89. The standard InChI is InChI=1S/C16H22F2N2O2S/c17-14(18)23-13-8-4-3-7-12(13)20-15(21)19-11-16(22)9-5-1-2-6-10-16/h3-4,7-8,14,22H,1-2,5-6,9-11H2,(H2,19,20,21). The lowest BCUT2D eigenvalue weighted by molar-refractivity contribution is 0.0281. The van der Waals surface area contributed by atoms with Crippen LogP contribution in [0.25, 0.3) is 0 Å². The van der Waals surface area contributed by atoms with Crippen LogP contribution in [-0.4, -0.2) is 29.0 Å². The molecule has 0 aliphatic heterocycles. The van der Waals surface area contributed by atoms with Crippen molar-refractivity contribution in [1.29, 1.82) is 0 Å². The van der Waals surface area contributed by atoms with Gasteiger partial charge in [0, 0.05) is 11.4 Å². The third kappa shape index (κ3) is 5.99. The molecule has 0 unspecified atom stereocenters. The molecule has 23 heavy (non-hydrogen) atoms. The first kappa shape index (κ1) is 18.0. The molecule has 0 radical (unpaired) electrons. The fourth-order valence-electron chi connectivity index (χ4n) is 2.74. The van der Waals surface area contributed by atoms with Crippen LogP contribution in [0.3, 0.4) is 0 Å². The number of aliphatic hydroxyl groups is 1. The van der Waals surface area contributed by atoms with Gasteiger partial charge in [-0.05, 0) is 25.0 Å². The summed E-state index contributed by atoms with van der Waals surface area (Å²) in [5, 5.41) is 15.7.